The number of nitrogens with one attached hydrogen (secondary N) is 1. The zero-order valence-corrected chi connectivity index (χ0v) is 8.80. The number of hydrogen-bond acceptors (Lipinski definition) is 2. The summed E-state index contributed by atoms with van der Waals surface area (Å²) in [7, 11) is 1.90. The van der Waals surface area contributed by atoms with E-state index in [4.69, 9.17) is 0 Å². The van der Waals surface area contributed by atoms with Gasteiger partial charge in [-0.05, 0) is 20.2 Å². The fourth-order valence-corrected chi connectivity index (χ4v) is 0.858. The van der Waals surface area contributed by atoms with E-state index >= 15 is 0 Å². The maximum absolute atomic E-state index is 3.70. The van der Waals surface area contributed by atoms with E-state index in [0.717, 1.165) is 6.54 Å². The molecule has 0 amide bonds. The first-order valence-corrected chi connectivity index (χ1v) is 4.48. The van der Waals surface area contributed by atoms with Gasteiger partial charge in [-0.25, -0.2) is 0 Å². The molecule has 1 atom stereocenters. The van der Waals surface area contributed by atoms with Gasteiger partial charge in [-0.15, -0.1) is 0 Å². The molecule has 0 saturated heterocycles. The lowest BCUT2D eigenvalue weighted by atomic mass is 10.4. The summed E-state index contributed by atoms with van der Waals surface area (Å²) in [5, 5.41) is 3.09. The summed E-state index contributed by atoms with van der Waals surface area (Å²) in [5.74, 6) is 0. The molecule has 72 valence electrons. The van der Waals surface area contributed by atoms with Crippen LogP contribution in [0, 0.1) is 0 Å². The van der Waals surface area contributed by atoms with Crippen molar-refractivity contribution < 1.29 is 0 Å². The van der Waals surface area contributed by atoms with Crippen LogP contribution in [-0.2, 0) is 0 Å². The van der Waals surface area contributed by atoms with Crippen molar-refractivity contribution in [1.29, 1.82) is 0 Å². The van der Waals surface area contributed by atoms with Crippen LogP contribution in [0.1, 0.15) is 20.8 Å². The first-order chi connectivity index (χ1) is 5.79. The van der Waals surface area contributed by atoms with Crippen molar-refractivity contribution >= 4 is 0 Å². The van der Waals surface area contributed by atoms with E-state index in [1.54, 1.807) is 0 Å². The van der Waals surface area contributed by atoms with E-state index in [1.807, 2.05) is 33.2 Å². The number of hydrogen-bond donors (Lipinski definition) is 1. The maximum atomic E-state index is 3.70. The second kappa shape index (κ2) is 10.2. The Kier molecular flexibility index (Phi) is 11.8. The molecule has 0 aliphatic heterocycles. The average Bonchev–Trinajstić information content (AvgIpc) is 2.17. The van der Waals surface area contributed by atoms with Crippen molar-refractivity contribution in [2.75, 3.05) is 13.6 Å². The van der Waals surface area contributed by atoms with Gasteiger partial charge in [0.15, 0.2) is 0 Å². The number of rotatable bonds is 5. The molecule has 1 unspecified atom stereocenters. The summed E-state index contributed by atoms with van der Waals surface area (Å²) >= 11 is 0. The molecule has 2 nitrogen and oxygen atoms in total. The smallest absolute Gasteiger partial charge is 0.0976 e. The van der Waals surface area contributed by atoms with Crippen molar-refractivity contribution in [2.45, 2.75) is 26.9 Å². The van der Waals surface area contributed by atoms with Crippen LogP contribution < -0.4 is 5.32 Å². The summed E-state index contributed by atoms with van der Waals surface area (Å²) in [5.41, 5.74) is 0. The molecule has 1 N–H and O–H groups in total. The normalized spacial score (nSPS) is 10.7. The minimum Gasteiger partial charge on any atom is -0.360 e. The predicted molar refractivity (Wildman–Crippen MR) is 57.0 cm³/mol. The summed E-state index contributed by atoms with van der Waals surface area (Å²) in [4.78, 5) is 2.06. The first-order valence-electron chi connectivity index (χ1n) is 4.48. The highest BCUT2D eigenvalue weighted by Crippen LogP contribution is 1.95. The van der Waals surface area contributed by atoms with Crippen molar-refractivity contribution in [2.24, 2.45) is 0 Å². The van der Waals surface area contributed by atoms with Crippen LogP contribution in [0.4, 0.5) is 0 Å². The van der Waals surface area contributed by atoms with Crippen LogP contribution in [0.5, 0.6) is 0 Å². The molecule has 0 rings (SSSR count). The van der Waals surface area contributed by atoms with Gasteiger partial charge in [0.25, 0.3) is 0 Å². The molecule has 0 aromatic heterocycles. The van der Waals surface area contributed by atoms with Gasteiger partial charge >= 0.3 is 0 Å². The lowest BCUT2D eigenvalue weighted by molar-refractivity contribution is 0.305. The summed E-state index contributed by atoms with van der Waals surface area (Å²) in [6.07, 6.45) is 3.87. The molecule has 0 heterocycles. The minimum atomic E-state index is 0.211. The Bertz CT molecular complexity index is 96.4. The standard InChI is InChI=1S/C8H16N2.C2H6/c1-5-8(9-4)10(6-2)7-3;1-2/h5-6,8-9H,1-2,7H2,3-4H3;1-2H3. The molecule has 0 fully saturated rings. The Morgan fingerprint density at radius 1 is 1.42 bits per heavy atom. The Morgan fingerprint density at radius 3 is 2.00 bits per heavy atom. The van der Waals surface area contributed by atoms with Gasteiger partial charge in [-0.1, -0.05) is 33.1 Å². The monoisotopic (exact) mass is 170 g/mol. The highest BCUT2D eigenvalue weighted by atomic mass is 15.2. The Morgan fingerprint density at radius 2 is 1.92 bits per heavy atom. The molecule has 0 bridgehead atoms. The molecule has 0 aliphatic rings. The topological polar surface area (TPSA) is 15.3 Å². The molecule has 0 aromatic carbocycles. The van der Waals surface area contributed by atoms with Crippen LogP contribution in [-0.4, -0.2) is 24.7 Å². The van der Waals surface area contributed by atoms with Gasteiger partial charge in [0.05, 0.1) is 6.17 Å². The zero-order chi connectivity index (χ0) is 9.98. The summed E-state index contributed by atoms with van der Waals surface area (Å²) in [6.45, 7) is 14.4. The molecular weight excluding hydrogens is 148 g/mol. The molecule has 12 heavy (non-hydrogen) atoms. The van der Waals surface area contributed by atoms with E-state index in [1.165, 1.54) is 0 Å². The molecule has 0 aliphatic carbocycles. The fraction of sp³-hybridized carbons (Fsp3) is 0.600. The third kappa shape index (κ3) is 4.97. The number of likely N-dealkylation sites (N-methyl/N-ethyl adjacent to an activating group) is 2. The second-order valence-electron chi connectivity index (χ2n) is 1.98. The molecule has 0 aromatic rings. The van der Waals surface area contributed by atoms with Gasteiger partial charge in [0.2, 0.25) is 0 Å². The van der Waals surface area contributed by atoms with Crippen molar-refractivity contribution in [3.8, 4) is 0 Å². The van der Waals surface area contributed by atoms with E-state index in [9.17, 15) is 0 Å². The molecule has 0 spiro atoms. The van der Waals surface area contributed by atoms with Gasteiger partial charge in [0, 0.05) is 6.54 Å². The highest BCUT2D eigenvalue weighted by Gasteiger charge is 2.03. The Balaban J connectivity index is 0. The van der Waals surface area contributed by atoms with Crippen LogP contribution in [0.15, 0.2) is 25.4 Å². The fourth-order valence-electron chi connectivity index (χ4n) is 0.858. The lowest BCUT2D eigenvalue weighted by Gasteiger charge is -2.25. The predicted octanol–water partition coefficient (Wildman–Crippen LogP) is 2.21. The van der Waals surface area contributed by atoms with Crippen molar-refractivity contribution in [3.05, 3.63) is 25.4 Å². The van der Waals surface area contributed by atoms with Crippen LogP contribution in [0.3, 0.4) is 0 Å². The zero-order valence-electron chi connectivity index (χ0n) is 8.80. The number of nitrogens with zero attached hydrogens (tertiary/aromatic N) is 1. The quantitative estimate of drug-likeness (QED) is 0.502. The SMILES string of the molecule is C=CC(NC)N(C=C)CC.CC. The maximum Gasteiger partial charge on any atom is 0.0976 e. The molecular formula is C10H22N2. The van der Waals surface area contributed by atoms with Crippen LogP contribution >= 0.6 is 0 Å². The van der Waals surface area contributed by atoms with E-state index in [2.05, 4.69) is 30.3 Å². The van der Waals surface area contributed by atoms with Crippen molar-refractivity contribution in [1.82, 2.24) is 10.2 Å². The molecule has 0 radical (unpaired) electrons. The van der Waals surface area contributed by atoms with E-state index < -0.39 is 0 Å². The van der Waals surface area contributed by atoms with E-state index in [-0.39, 0.29) is 6.17 Å². The van der Waals surface area contributed by atoms with Crippen LogP contribution in [0.2, 0.25) is 0 Å². The second-order valence-corrected chi connectivity index (χ2v) is 1.98. The van der Waals surface area contributed by atoms with Gasteiger partial charge < -0.3 is 4.90 Å². The minimum absolute atomic E-state index is 0.211. The van der Waals surface area contributed by atoms with Gasteiger partial charge in [-0.2, -0.15) is 0 Å². The van der Waals surface area contributed by atoms with Crippen LogP contribution in [0.25, 0.3) is 0 Å². The Labute approximate surface area is 77.0 Å². The molecule has 0 saturated carbocycles. The van der Waals surface area contributed by atoms with Crippen molar-refractivity contribution in [3.63, 3.8) is 0 Å². The Hall–Kier alpha value is -0.760. The molecule has 2 heteroatoms. The summed E-state index contributed by atoms with van der Waals surface area (Å²) < 4.78 is 0. The summed E-state index contributed by atoms with van der Waals surface area (Å²) in [6, 6.07) is 0. The third-order valence-electron chi connectivity index (χ3n) is 1.48. The lowest BCUT2D eigenvalue weighted by Crippen LogP contribution is -2.38. The average molecular weight is 170 g/mol. The largest absolute Gasteiger partial charge is 0.360 e. The highest BCUT2D eigenvalue weighted by molar-refractivity contribution is 4.88. The van der Waals surface area contributed by atoms with Gasteiger partial charge in [0.1, 0.15) is 0 Å². The van der Waals surface area contributed by atoms with E-state index in [0.29, 0.717) is 0 Å². The third-order valence-corrected chi connectivity index (χ3v) is 1.48. The van der Waals surface area contributed by atoms with Gasteiger partial charge in [-0.3, -0.25) is 5.32 Å². The first kappa shape index (κ1) is 13.8.